The predicted molar refractivity (Wildman–Crippen MR) is 70.5 cm³/mol. The van der Waals surface area contributed by atoms with Gasteiger partial charge in [0.25, 0.3) is 0 Å². The number of aromatic nitrogens is 1. The summed E-state index contributed by atoms with van der Waals surface area (Å²) in [7, 11) is -3.75. The molecule has 1 aliphatic rings. The number of hydrogen-bond donors (Lipinski definition) is 0. The molecule has 2 rings (SSSR count). The molecule has 0 saturated carbocycles. The van der Waals surface area contributed by atoms with Gasteiger partial charge in [-0.05, 0) is 12.1 Å². The third-order valence-corrected chi connectivity index (χ3v) is 5.17. The van der Waals surface area contributed by atoms with E-state index in [-0.39, 0.29) is 36.2 Å². The summed E-state index contributed by atoms with van der Waals surface area (Å²) in [5.74, 6) is 0. The molecule has 1 aromatic rings. The number of sulfonamides is 1. The van der Waals surface area contributed by atoms with Crippen molar-refractivity contribution in [3.05, 3.63) is 23.5 Å². The van der Waals surface area contributed by atoms with Gasteiger partial charge in [0, 0.05) is 32.4 Å². The molecule has 1 fully saturated rings. The lowest BCUT2D eigenvalue weighted by atomic mass is 10.3. The molecule has 0 bridgehead atoms. The summed E-state index contributed by atoms with van der Waals surface area (Å²) >= 11 is 5.66. The van der Waals surface area contributed by atoms with E-state index in [9.17, 15) is 21.6 Å². The summed E-state index contributed by atoms with van der Waals surface area (Å²) < 4.78 is 62.7. The zero-order valence-electron chi connectivity index (χ0n) is 10.8. The summed E-state index contributed by atoms with van der Waals surface area (Å²) in [6.07, 6.45) is -3.01. The van der Waals surface area contributed by atoms with Crippen molar-refractivity contribution in [1.29, 1.82) is 0 Å². The molecular weight excluding hydrogens is 331 g/mol. The van der Waals surface area contributed by atoms with E-state index < -0.39 is 22.7 Å². The Morgan fingerprint density at radius 2 is 1.86 bits per heavy atom. The topological polar surface area (TPSA) is 53.5 Å². The van der Waals surface area contributed by atoms with Gasteiger partial charge in [-0.1, -0.05) is 11.6 Å². The van der Waals surface area contributed by atoms with Crippen LogP contribution >= 0.6 is 11.6 Å². The number of alkyl halides is 3. The highest BCUT2D eigenvalue weighted by molar-refractivity contribution is 7.89. The molecule has 0 aromatic carbocycles. The third kappa shape index (κ3) is 4.29. The molecule has 0 spiro atoms. The van der Waals surface area contributed by atoms with Crippen LogP contribution in [-0.4, -0.2) is 61.5 Å². The maximum Gasteiger partial charge on any atom is 0.401 e. The van der Waals surface area contributed by atoms with E-state index in [0.29, 0.717) is 0 Å². The second kappa shape index (κ2) is 6.07. The first-order valence-electron chi connectivity index (χ1n) is 6.09. The molecule has 118 valence electrons. The summed E-state index contributed by atoms with van der Waals surface area (Å²) in [4.78, 5) is 4.88. The van der Waals surface area contributed by atoms with Crippen molar-refractivity contribution in [3.8, 4) is 0 Å². The van der Waals surface area contributed by atoms with Gasteiger partial charge in [-0.25, -0.2) is 13.4 Å². The molecule has 1 aliphatic heterocycles. The maximum atomic E-state index is 12.3. The molecule has 10 heteroatoms. The largest absolute Gasteiger partial charge is 0.401 e. The van der Waals surface area contributed by atoms with Crippen LogP contribution in [0.25, 0.3) is 0 Å². The summed E-state index contributed by atoms with van der Waals surface area (Å²) in [5.41, 5.74) is 0. The van der Waals surface area contributed by atoms with Crippen molar-refractivity contribution in [1.82, 2.24) is 14.2 Å². The van der Waals surface area contributed by atoms with Crippen molar-refractivity contribution in [3.63, 3.8) is 0 Å². The highest BCUT2D eigenvalue weighted by atomic mass is 35.5. The van der Waals surface area contributed by atoms with E-state index in [1.165, 1.54) is 23.2 Å². The Hall–Kier alpha value is -0.900. The van der Waals surface area contributed by atoms with Gasteiger partial charge in [0.15, 0.2) is 0 Å². The minimum atomic E-state index is -4.28. The fourth-order valence-electron chi connectivity index (χ4n) is 2.08. The van der Waals surface area contributed by atoms with Crippen LogP contribution in [0.5, 0.6) is 0 Å². The van der Waals surface area contributed by atoms with Crippen LogP contribution in [0.2, 0.25) is 5.15 Å². The Morgan fingerprint density at radius 3 is 2.38 bits per heavy atom. The van der Waals surface area contributed by atoms with Crippen molar-refractivity contribution < 1.29 is 21.6 Å². The minimum absolute atomic E-state index is 0.00762. The minimum Gasteiger partial charge on any atom is -0.292 e. The lowest BCUT2D eigenvalue weighted by Crippen LogP contribution is -2.50. The van der Waals surface area contributed by atoms with Gasteiger partial charge in [0.05, 0.1) is 11.4 Å². The van der Waals surface area contributed by atoms with E-state index in [0.717, 1.165) is 4.31 Å². The molecule has 0 N–H and O–H groups in total. The number of hydrogen-bond acceptors (Lipinski definition) is 4. The maximum absolute atomic E-state index is 12.3. The van der Waals surface area contributed by atoms with Gasteiger partial charge >= 0.3 is 6.18 Å². The van der Waals surface area contributed by atoms with Crippen molar-refractivity contribution in [2.75, 3.05) is 32.7 Å². The first-order chi connectivity index (χ1) is 9.68. The zero-order valence-corrected chi connectivity index (χ0v) is 12.4. The van der Waals surface area contributed by atoms with Crippen LogP contribution in [0.1, 0.15) is 0 Å². The number of piperazine rings is 1. The fourth-order valence-corrected chi connectivity index (χ4v) is 3.75. The standard InChI is InChI=1S/C11H13ClF3N3O2S/c12-10-7-9(1-2-16-10)21(19,20)18-5-3-17(4-6-18)8-11(13,14)15/h1-2,7H,3-6,8H2. The van der Waals surface area contributed by atoms with E-state index in [1.54, 1.807) is 0 Å². The Labute approximate surface area is 125 Å². The summed E-state index contributed by atoms with van der Waals surface area (Å²) in [6, 6.07) is 2.53. The number of halogens is 4. The van der Waals surface area contributed by atoms with Gasteiger partial charge in [-0.3, -0.25) is 4.90 Å². The Balaban J connectivity index is 2.05. The van der Waals surface area contributed by atoms with Gasteiger partial charge in [0.1, 0.15) is 5.15 Å². The van der Waals surface area contributed by atoms with Gasteiger partial charge < -0.3 is 0 Å². The lowest BCUT2D eigenvalue weighted by molar-refractivity contribution is -0.148. The summed E-state index contributed by atoms with van der Waals surface area (Å²) in [5, 5.41) is 0.0479. The number of rotatable bonds is 3. The molecule has 0 atom stereocenters. The average molecular weight is 344 g/mol. The van der Waals surface area contributed by atoms with Crippen LogP contribution in [0.15, 0.2) is 23.2 Å². The van der Waals surface area contributed by atoms with E-state index >= 15 is 0 Å². The summed E-state index contributed by atoms with van der Waals surface area (Å²) in [6.45, 7) is -0.923. The van der Waals surface area contributed by atoms with Crippen LogP contribution < -0.4 is 0 Å². The predicted octanol–water partition coefficient (Wildman–Crippen LogP) is 1.60. The van der Waals surface area contributed by atoms with Crippen molar-refractivity contribution in [2.24, 2.45) is 0 Å². The highest BCUT2D eigenvalue weighted by Gasteiger charge is 2.34. The van der Waals surface area contributed by atoms with Gasteiger partial charge in [0.2, 0.25) is 10.0 Å². The monoisotopic (exact) mass is 343 g/mol. The van der Waals surface area contributed by atoms with E-state index in [4.69, 9.17) is 11.6 Å². The second-order valence-electron chi connectivity index (χ2n) is 4.61. The molecule has 0 aliphatic carbocycles. The van der Waals surface area contributed by atoms with Crippen LogP contribution in [0.4, 0.5) is 13.2 Å². The van der Waals surface area contributed by atoms with Crippen LogP contribution in [0.3, 0.4) is 0 Å². The van der Waals surface area contributed by atoms with Crippen LogP contribution in [-0.2, 0) is 10.0 Å². The molecule has 1 saturated heterocycles. The third-order valence-electron chi connectivity index (χ3n) is 3.07. The normalized spacial score (nSPS) is 18.9. The number of nitrogens with zero attached hydrogens (tertiary/aromatic N) is 3. The molecule has 0 amide bonds. The molecule has 0 radical (unpaired) electrons. The molecule has 0 unspecified atom stereocenters. The fraction of sp³-hybridized carbons (Fsp3) is 0.545. The van der Waals surface area contributed by atoms with E-state index in [2.05, 4.69) is 4.98 Å². The Morgan fingerprint density at radius 1 is 1.24 bits per heavy atom. The zero-order chi connectivity index (χ0) is 15.7. The molecule has 1 aromatic heterocycles. The molecule has 2 heterocycles. The smallest absolute Gasteiger partial charge is 0.292 e. The molecule has 21 heavy (non-hydrogen) atoms. The van der Waals surface area contributed by atoms with Gasteiger partial charge in [-0.2, -0.15) is 17.5 Å². The number of pyridine rings is 1. The average Bonchev–Trinajstić information content (AvgIpc) is 2.37. The molecule has 5 nitrogen and oxygen atoms in total. The first-order valence-corrected chi connectivity index (χ1v) is 7.91. The molecular formula is C11H13ClF3N3O2S. The van der Waals surface area contributed by atoms with Crippen LogP contribution in [0, 0.1) is 0 Å². The van der Waals surface area contributed by atoms with Gasteiger partial charge in [-0.15, -0.1) is 0 Å². The SMILES string of the molecule is O=S(=O)(c1ccnc(Cl)c1)N1CCN(CC(F)(F)F)CC1. The lowest BCUT2D eigenvalue weighted by Gasteiger charge is -2.34. The highest BCUT2D eigenvalue weighted by Crippen LogP contribution is 2.21. The Kier molecular flexibility index (Phi) is 4.76. The second-order valence-corrected chi connectivity index (χ2v) is 6.93. The quantitative estimate of drug-likeness (QED) is 0.782. The van der Waals surface area contributed by atoms with Crippen molar-refractivity contribution in [2.45, 2.75) is 11.1 Å². The Bertz CT molecular complexity index is 601. The van der Waals surface area contributed by atoms with E-state index in [1.807, 2.05) is 0 Å². The first kappa shape index (κ1) is 16.5. The van der Waals surface area contributed by atoms with Crippen molar-refractivity contribution >= 4 is 21.6 Å².